The van der Waals surface area contributed by atoms with Gasteiger partial charge >= 0.3 is 0 Å². The summed E-state index contributed by atoms with van der Waals surface area (Å²) in [4.78, 5) is 5.63. The Balaban J connectivity index is 1.67. The largest absolute Gasteiger partial charge is 0.399 e. The third-order valence-electron chi connectivity index (χ3n) is 2.89. The minimum Gasteiger partial charge on any atom is -0.399 e. The second-order valence-corrected chi connectivity index (χ2v) is 5.96. The predicted octanol–water partition coefficient (Wildman–Crippen LogP) is 4.00. The molecule has 0 fully saturated rings. The average Bonchev–Trinajstić information content (AvgIpc) is 2.96. The minimum absolute atomic E-state index is 0.682. The number of anilines is 1. The monoisotopic (exact) mass is 316 g/mol. The lowest BCUT2D eigenvalue weighted by Crippen LogP contribution is -1.86. The summed E-state index contributed by atoms with van der Waals surface area (Å²) in [5, 5.41) is 7.93. The molecule has 0 unspecified atom stereocenters. The van der Waals surface area contributed by atoms with E-state index in [1.54, 1.807) is 11.8 Å². The van der Waals surface area contributed by atoms with Crippen LogP contribution >= 0.6 is 23.4 Å². The SMILES string of the molecule is Nc1ccc(-c2n[nH]c(CSc3ccc(Cl)cc3)n2)cc1. The number of halogens is 1. The Kier molecular flexibility index (Phi) is 4.13. The first-order valence-corrected chi connectivity index (χ1v) is 7.72. The van der Waals surface area contributed by atoms with E-state index >= 15 is 0 Å². The maximum Gasteiger partial charge on any atom is 0.181 e. The van der Waals surface area contributed by atoms with E-state index in [-0.39, 0.29) is 0 Å². The van der Waals surface area contributed by atoms with Crippen molar-refractivity contribution in [3.05, 3.63) is 59.4 Å². The normalized spacial score (nSPS) is 10.7. The number of aromatic nitrogens is 3. The van der Waals surface area contributed by atoms with Crippen LogP contribution in [-0.4, -0.2) is 15.2 Å². The van der Waals surface area contributed by atoms with Gasteiger partial charge in [-0.25, -0.2) is 4.98 Å². The van der Waals surface area contributed by atoms with Crippen LogP contribution in [0.15, 0.2) is 53.4 Å². The van der Waals surface area contributed by atoms with Gasteiger partial charge in [-0.15, -0.1) is 11.8 Å². The van der Waals surface area contributed by atoms with Gasteiger partial charge in [0.1, 0.15) is 5.82 Å². The van der Waals surface area contributed by atoms with Crippen molar-refractivity contribution in [2.45, 2.75) is 10.6 Å². The molecule has 0 amide bonds. The topological polar surface area (TPSA) is 67.6 Å². The second-order valence-electron chi connectivity index (χ2n) is 4.47. The molecule has 6 heteroatoms. The van der Waals surface area contributed by atoms with E-state index in [2.05, 4.69) is 15.2 Å². The summed E-state index contributed by atoms with van der Waals surface area (Å²) in [5.74, 6) is 2.24. The maximum absolute atomic E-state index is 5.86. The lowest BCUT2D eigenvalue weighted by atomic mass is 10.2. The molecule has 0 spiro atoms. The van der Waals surface area contributed by atoms with Gasteiger partial charge in [0, 0.05) is 21.2 Å². The molecule has 1 heterocycles. The van der Waals surface area contributed by atoms with E-state index in [9.17, 15) is 0 Å². The van der Waals surface area contributed by atoms with E-state index in [0.717, 1.165) is 32.7 Å². The van der Waals surface area contributed by atoms with Crippen LogP contribution in [0.1, 0.15) is 5.82 Å². The third-order valence-corrected chi connectivity index (χ3v) is 4.17. The number of hydrogen-bond acceptors (Lipinski definition) is 4. The van der Waals surface area contributed by atoms with E-state index in [4.69, 9.17) is 17.3 Å². The molecule has 3 N–H and O–H groups in total. The van der Waals surface area contributed by atoms with Crippen molar-refractivity contribution in [3.63, 3.8) is 0 Å². The van der Waals surface area contributed by atoms with Gasteiger partial charge in [0.05, 0.1) is 5.75 Å². The van der Waals surface area contributed by atoms with Crippen molar-refractivity contribution >= 4 is 29.1 Å². The van der Waals surface area contributed by atoms with Crippen LogP contribution in [0.5, 0.6) is 0 Å². The summed E-state index contributed by atoms with van der Waals surface area (Å²) in [6, 6.07) is 15.2. The van der Waals surface area contributed by atoms with Gasteiger partial charge in [0.15, 0.2) is 5.82 Å². The third kappa shape index (κ3) is 3.56. The molecule has 0 atom stereocenters. The number of nitrogens with zero attached hydrogens (tertiary/aromatic N) is 2. The number of nitrogens with one attached hydrogen (secondary N) is 1. The molecule has 0 aliphatic heterocycles. The van der Waals surface area contributed by atoms with Gasteiger partial charge in [0.2, 0.25) is 0 Å². The molecular weight excluding hydrogens is 304 g/mol. The summed E-state index contributed by atoms with van der Waals surface area (Å²) < 4.78 is 0. The minimum atomic E-state index is 0.682. The fourth-order valence-electron chi connectivity index (χ4n) is 1.80. The molecule has 4 nitrogen and oxygen atoms in total. The first kappa shape index (κ1) is 14.0. The highest BCUT2D eigenvalue weighted by Gasteiger charge is 2.06. The Bertz CT molecular complexity index is 722. The van der Waals surface area contributed by atoms with Crippen LogP contribution in [0.25, 0.3) is 11.4 Å². The number of nitrogen functional groups attached to an aromatic ring is 1. The van der Waals surface area contributed by atoms with Gasteiger partial charge in [0.25, 0.3) is 0 Å². The lowest BCUT2D eigenvalue weighted by Gasteiger charge is -1.99. The zero-order valence-electron chi connectivity index (χ0n) is 11.1. The molecule has 0 saturated heterocycles. The smallest absolute Gasteiger partial charge is 0.181 e. The number of thioether (sulfide) groups is 1. The number of nitrogens with two attached hydrogens (primary N) is 1. The van der Waals surface area contributed by atoms with Gasteiger partial charge in [-0.3, -0.25) is 5.10 Å². The second kappa shape index (κ2) is 6.20. The summed E-state index contributed by atoms with van der Waals surface area (Å²) >= 11 is 7.55. The van der Waals surface area contributed by atoms with E-state index in [1.165, 1.54) is 0 Å². The average molecular weight is 317 g/mol. The van der Waals surface area contributed by atoms with Gasteiger partial charge < -0.3 is 5.73 Å². The Morgan fingerprint density at radius 1 is 1.05 bits per heavy atom. The zero-order chi connectivity index (χ0) is 14.7. The van der Waals surface area contributed by atoms with Crippen LogP contribution in [0.3, 0.4) is 0 Å². The first-order valence-electron chi connectivity index (χ1n) is 6.36. The molecule has 0 saturated carbocycles. The standard InChI is InChI=1S/C15H13ClN4S/c16-11-3-7-13(8-4-11)21-9-14-18-15(20-19-14)10-1-5-12(17)6-2-10/h1-8H,9,17H2,(H,18,19,20). The van der Waals surface area contributed by atoms with Crippen molar-refractivity contribution in [1.82, 2.24) is 15.2 Å². The van der Waals surface area contributed by atoms with Crippen LogP contribution in [0.4, 0.5) is 5.69 Å². The van der Waals surface area contributed by atoms with Gasteiger partial charge in [-0.1, -0.05) is 11.6 Å². The van der Waals surface area contributed by atoms with E-state index < -0.39 is 0 Å². The zero-order valence-corrected chi connectivity index (χ0v) is 12.7. The highest BCUT2D eigenvalue weighted by Crippen LogP contribution is 2.24. The molecule has 106 valence electrons. The highest BCUT2D eigenvalue weighted by atomic mass is 35.5. The Morgan fingerprint density at radius 3 is 2.48 bits per heavy atom. The number of rotatable bonds is 4. The highest BCUT2D eigenvalue weighted by molar-refractivity contribution is 7.98. The van der Waals surface area contributed by atoms with Crippen LogP contribution < -0.4 is 5.73 Å². The Hall–Kier alpha value is -1.98. The summed E-state index contributed by atoms with van der Waals surface area (Å²) in [7, 11) is 0. The summed E-state index contributed by atoms with van der Waals surface area (Å²) in [5.41, 5.74) is 7.35. The number of aromatic amines is 1. The van der Waals surface area contributed by atoms with Crippen LogP contribution in [-0.2, 0) is 5.75 Å². The fourth-order valence-corrected chi connectivity index (χ4v) is 2.69. The van der Waals surface area contributed by atoms with Crippen LogP contribution in [0, 0.1) is 0 Å². The molecule has 0 radical (unpaired) electrons. The maximum atomic E-state index is 5.86. The van der Waals surface area contributed by atoms with Crippen molar-refractivity contribution in [2.75, 3.05) is 5.73 Å². The van der Waals surface area contributed by atoms with Crippen LogP contribution in [0.2, 0.25) is 5.02 Å². The summed E-state index contributed by atoms with van der Waals surface area (Å²) in [6.45, 7) is 0. The Labute approximate surface area is 131 Å². The molecule has 3 rings (SSSR count). The van der Waals surface area contributed by atoms with E-state index in [0.29, 0.717) is 5.82 Å². The lowest BCUT2D eigenvalue weighted by molar-refractivity contribution is 1.03. The molecule has 2 aromatic carbocycles. The van der Waals surface area contributed by atoms with Gasteiger partial charge in [-0.2, -0.15) is 5.10 Å². The molecular formula is C15H13ClN4S. The first-order chi connectivity index (χ1) is 10.2. The van der Waals surface area contributed by atoms with E-state index in [1.807, 2.05) is 48.5 Å². The van der Waals surface area contributed by atoms with Crippen molar-refractivity contribution in [3.8, 4) is 11.4 Å². The fraction of sp³-hybridized carbons (Fsp3) is 0.0667. The van der Waals surface area contributed by atoms with Gasteiger partial charge in [-0.05, 0) is 48.5 Å². The van der Waals surface area contributed by atoms with Crippen molar-refractivity contribution in [1.29, 1.82) is 0 Å². The molecule has 0 bridgehead atoms. The summed E-state index contributed by atoms with van der Waals surface area (Å²) in [6.07, 6.45) is 0. The number of benzene rings is 2. The van der Waals surface area contributed by atoms with Crippen molar-refractivity contribution in [2.24, 2.45) is 0 Å². The molecule has 1 aromatic heterocycles. The molecule has 21 heavy (non-hydrogen) atoms. The quantitative estimate of drug-likeness (QED) is 0.564. The molecule has 0 aliphatic rings. The number of hydrogen-bond donors (Lipinski definition) is 2. The Morgan fingerprint density at radius 2 is 1.76 bits per heavy atom. The predicted molar refractivity (Wildman–Crippen MR) is 87.2 cm³/mol. The number of H-pyrrole nitrogens is 1. The van der Waals surface area contributed by atoms with Crippen molar-refractivity contribution < 1.29 is 0 Å². The molecule has 3 aromatic rings. The molecule has 0 aliphatic carbocycles.